The van der Waals surface area contributed by atoms with E-state index in [9.17, 15) is 8.42 Å². The van der Waals surface area contributed by atoms with E-state index in [1.165, 1.54) is 12.8 Å². The molecule has 0 radical (unpaired) electrons. The number of H-pyrrole nitrogens is 1. The van der Waals surface area contributed by atoms with Crippen LogP contribution in [-0.2, 0) is 16.6 Å². The lowest BCUT2D eigenvalue weighted by molar-refractivity contribution is 0.519. The molecule has 0 saturated heterocycles. The summed E-state index contributed by atoms with van der Waals surface area (Å²) in [5.41, 5.74) is 1.48. The minimum Gasteiger partial charge on any atom is -0.316 e. The van der Waals surface area contributed by atoms with Gasteiger partial charge in [0.05, 0.1) is 0 Å². The van der Waals surface area contributed by atoms with Gasteiger partial charge in [0.25, 0.3) is 10.0 Å². The smallest absolute Gasteiger partial charge is 0.260 e. The van der Waals surface area contributed by atoms with Crippen LogP contribution in [0.2, 0.25) is 0 Å². The molecule has 6 nitrogen and oxygen atoms in total. The number of unbranched alkanes of at least 4 members (excludes halogenated alkanes) is 3. The Balaban J connectivity index is 2.68. The highest BCUT2D eigenvalue weighted by Crippen LogP contribution is 2.17. The summed E-state index contributed by atoms with van der Waals surface area (Å²) in [7, 11) is -1.78. The molecular weight excluding hydrogens is 288 g/mol. The fourth-order valence-electron chi connectivity index (χ4n) is 2.29. The number of aromatic amines is 1. The molecule has 0 aromatic carbocycles. The Kier molecular flexibility index (Phi) is 7.34. The zero-order valence-electron chi connectivity index (χ0n) is 13.5. The second-order valence-electron chi connectivity index (χ2n) is 5.53. The molecule has 0 bridgehead atoms. The number of sulfonamides is 1. The normalized spacial score (nSPS) is 13.5. The van der Waals surface area contributed by atoms with Crippen LogP contribution in [0.4, 0.5) is 0 Å². The van der Waals surface area contributed by atoms with Crippen molar-refractivity contribution in [3.63, 3.8) is 0 Å². The van der Waals surface area contributed by atoms with E-state index in [1.807, 2.05) is 13.8 Å². The maximum Gasteiger partial charge on any atom is 0.260 e. The van der Waals surface area contributed by atoms with Crippen LogP contribution >= 0.6 is 0 Å². The molecular formula is C14H28N4O2S. The van der Waals surface area contributed by atoms with E-state index in [1.54, 1.807) is 7.05 Å². The molecule has 0 spiro atoms. The molecule has 1 rings (SSSR count). The minimum atomic E-state index is -3.57. The number of hydrogen-bond donors (Lipinski definition) is 3. The van der Waals surface area contributed by atoms with Crippen LogP contribution in [0.1, 0.15) is 57.2 Å². The van der Waals surface area contributed by atoms with Crippen molar-refractivity contribution < 1.29 is 8.42 Å². The van der Waals surface area contributed by atoms with E-state index in [-0.39, 0.29) is 11.1 Å². The predicted octanol–water partition coefficient (Wildman–Crippen LogP) is 2.07. The Bertz CT molecular complexity index is 525. The van der Waals surface area contributed by atoms with E-state index in [2.05, 4.69) is 27.2 Å². The summed E-state index contributed by atoms with van der Waals surface area (Å²) >= 11 is 0. The number of hydrogen-bond acceptors (Lipinski definition) is 4. The van der Waals surface area contributed by atoms with Gasteiger partial charge in [-0.2, -0.15) is 5.10 Å². The van der Waals surface area contributed by atoms with Crippen molar-refractivity contribution in [3.8, 4) is 0 Å². The summed E-state index contributed by atoms with van der Waals surface area (Å²) < 4.78 is 27.6. The summed E-state index contributed by atoms with van der Waals surface area (Å²) in [5.74, 6) is 0. The monoisotopic (exact) mass is 316 g/mol. The number of aromatic nitrogens is 2. The van der Waals surface area contributed by atoms with Crippen LogP contribution < -0.4 is 10.0 Å². The number of rotatable bonds is 10. The zero-order valence-corrected chi connectivity index (χ0v) is 14.3. The molecule has 0 amide bonds. The molecule has 0 aliphatic rings. The topological polar surface area (TPSA) is 86.9 Å². The van der Waals surface area contributed by atoms with Gasteiger partial charge in [0.2, 0.25) is 0 Å². The number of aryl methyl sites for hydroxylation is 1. The van der Waals surface area contributed by atoms with E-state index < -0.39 is 10.0 Å². The van der Waals surface area contributed by atoms with Gasteiger partial charge in [0, 0.05) is 23.8 Å². The molecule has 1 atom stereocenters. The largest absolute Gasteiger partial charge is 0.316 e. The van der Waals surface area contributed by atoms with Gasteiger partial charge in [-0.1, -0.05) is 32.6 Å². The Labute approximate surface area is 128 Å². The molecule has 1 aromatic heterocycles. The highest BCUT2D eigenvalue weighted by Gasteiger charge is 2.24. The molecule has 7 heteroatoms. The fourth-order valence-corrected chi connectivity index (χ4v) is 3.77. The first-order valence-electron chi connectivity index (χ1n) is 7.63. The van der Waals surface area contributed by atoms with E-state index >= 15 is 0 Å². The summed E-state index contributed by atoms with van der Waals surface area (Å²) in [6.45, 7) is 6.37. The van der Waals surface area contributed by atoms with Crippen molar-refractivity contribution in [1.82, 2.24) is 20.2 Å². The van der Waals surface area contributed by atoms with E-state index in [4.69, 9.17) is 0 Å². The first-order valence-corrected chi connectivity index (χ1v) is 9.11. The SMILES string of the molecule is CCCCCCC(C)NS(=O)(=O)c1n[nH]c(C)c1CNC. The van der Waals surface area contributed by atoms with Gasteiger partial charge in [-0.15, -0.1) is 0 Å². The summed E-state index contributed by atoms with van der Waals surface area (Å²) in [6, 6.07) is -0.0775. The van der Waals surface area contributed by atoms with Gasteiger partial charge < -0.3 is 5.32 Å². The molecule has 1 aromatic rings. The van der Waals surface area contributed by atoms with Gasteiger partial charge in [-0.3, -0.25) is 5.10 Å². The molecule has 3 N–H and O–H groups in total. The van der Waals surface area contributed by atoms with Gasteiger partial charge in [-0.25, -0.2) is 13.1 Å². The lowest BCUT2D eigenvalue weighted by Gasteiger charge is -2.13. The van der Waals surface area contributed by atoms with Crippen molar-refractivity contribution >= 4 is 10.0 Å². The van der Waals surface area contributed by atoms with Crippen molar-refractivity contribution in [3.05, 3.63) is 11.3 Å². The molecule has 0 aliphatic heterocycles. The minimum absolute atomic E-state index is 0.0775. The average Bonchev–Trinajstić information content (AvgIpc) is 2.77. The summed E-state index contributed by atoms with van der Waals surface area (Å²) in [6.07, 6.45) is 5.42. The van der Waals surface area contributed by atoms with E-state index in [0.717, 1.165) is 25.0 Å². The van der Waals surface area contributed by atoms with Crippen LogP contribution in [0, 0.1) is 6.92 Å². The molecule has 122 valence electrons. The average molecular weight is 316 g/mol. The lowest BCUT2D eigenvalue weighted by Crippen LogP contribution is -2.33. The highest BCUT2D eigenvalue weighted by atomic mass is 32.2. The molecule has 1 unspecified atom stereocenters. The van der Waals surface area contributed by atoms with Crippen LogP contribution in [0.3, 0.4) is 0 Å². The standard InChI is InChI=1S/C14H28N4O2S/c1-5-6-7-8-9-11(2)18-21(19,20)14-13(10-15-4)12(3)16-17-14/h11,15,18H,5-10H2,1-4H3,(H,16,17). The quantitative estimate of drug-likeness (QED) is 0.577. The van der Waals surface area contributed by atoms with Crippen molar-refractivity contribution in [1.29, 1.82) is 0 Å². The van der Waals surface area contributed by atoms with Gasteiger partial charge in [0.15, 0.2) is 5.03 Å². The second-order valence-corrected chi connectivity index (χ2v) is 7.16. The van der Waals surface area contributed by atoms with Gasteiger partial charge in [-0.05, 0) is 27.3 Å². The molecule has 21 heavy (non-hydrogen) atoms. The number of nitrogens with one attached hydrogen (secondary N) is 3. The summed E-state index contributed by atoms with van der Waals surface area (Å²) in [5, 5.41) is 9.78. The maximum atomic E-state index is 12.4. The fraction of sp³-hybridized carbons (Fsp3) is 0.786. The maximum absolute atomic E-state index is 12.4. The number of nitrogens with zero attached hydrogens (tertiary/aromatic N) is 1. The van der Waals surface area contributed by atoms with Crippen molar-refractivity contribution in [2.45, 2.75) is 70.5 Å². The van der Waals surface area contributed by atoms with Crippen LogP contribution in [0.5, 0.6) is 0 Å². The lowest BCUT2D eigenvalue weighted by atomic mass is 10.1. The summed E-state index contributed by atoms with van der Waals surface area (Å²) in [4.78, 5) is 0. The second kappa shape index (κ2) is 8.51. The van der Waals surface area contributed by atoms with Gasteiger partial charge >= 0.3 is 0 Å². The van der Waals surface area contributed by atoms with Gasteiger partial charge in [0.1, 0.15) is 0 Å². The third kappa shape index (κ3) is 5.41. The first-order chi connectivity index (χ1) is 9.92. The zero-order chi connectivity index (χ0) is 15.9. The third-order valence-electron chi connectivity index (χ3n) is 3.49. The molecule has 0 fully saturated rings. The third-order valence-corrected chi connectivity index (χ3v) is 5.05. The van der Waals surface area contributed by atoms with Crippen molar-refractivity contribution in [2.75, 3.05) is 7.05 Å². The molecule has 0 aliphatic carbocycles. The Morgan fingerprint density at radius 3 is 2.62 bits per heavy atom. The van der Waals surface area contributed by atoms with Crippen LogP contribution in [0.15, 0.2) is 5.03 Å². The molecule has 1 heterocycles. The van der Waals surface area contributed by atoms with Crippen LogP contribution in [0.25, 0.3) is 0 Å². The highest BCUT2D eigenvalue weighted by molar-refractivity contribution is 7.89. The Morgan fingerprint density at radius 1 is 1.29 bits per heavy atom. The Hall–Kier alpha value is -0.920. The Morgan fingerprint density at radius 2 is 2.00 bits per heavy atom. The van der Waals surface area contributed by atoms with Crippen molar-refractivity contribution in [2.24, 2.45) is 0 Å². The predicted molar refractivity (Wildman–Crippen MR) is 84.6 cm³/mol. The van der Waals surface area contributed by atoms with E-state index in [0.29, 0.717) is 12.1 Å². The first kappa shape index (κ1) is 18.1. The van der Waals surface area contributed by atoms with Crippen LogP contribution in [-0.4, -0.2) is 31.7 Å². The molecule has 0 saturated carbocycles.